The molecule has 1 unspecified atom stereocenters. The summed E-state index contributed by atoms with van der Waals surface area (Å²) in [5, 5.41) is 3.57. The molecule has 2 aliphatic heterocycles. The zero-order valence-corrected chi connectivity index (χ0v) is 26.7. The Bertz CT molecular complexity index is 1950. The van der Waals surface area contributed by atoms with Gasteiger partial charge in [0.25, 0.3) is 0 Å². The molecular weight excluding hydrogens is 626 g/mol. The van der Waals surface area contributed by atoms with Crippen LogP contribution < -0.4 is 5.32 Å². The van der Waals surface area contributed by atoms with Crippen LogP contribution in [0.3, 0.4) is 0 Å². The summed E-state index contributed by atoms with van der Waals surface area (Å²) in [6.45, 7) is 3.59. The second-order valence-electron chi connectivity index (χ2n) is 11.9. The number of hydrogen-bond acceptors (Lipinski definition) is 4. The molecule has 0 spiro atoms. The standard InChI is InChI=1S/C36H33ClF2N4O4/c1-21(44)29-19-42(32-11-10-24(16-28(29)32)23-12-14-41(15-13-23)22(2)45)20-34(46)43-18-25(38)17-33(43)36(47)40-31-9-5-7-27(35(31)39)26-6-3-4-8-30(26)37/h3-12,16,19,25,33H,13-15,17-18,20H2,1-2H3,(H,40,47)/t25-,33?/m1/s1. The van der Waals surface area contributed by atoms with Gasteiger partial charge in [0, 0.05) is 65.2 Å². The third-order valence-electron chi connectivity index (χ3n) is 8.88. The topological polar surface area (TPSA) is 91.7 Å². The van der Waals surface area contributed by atoms with Crippen LogP contribution in [0.1, 0.15) is 42.6 Å². The van der Waals surface area contributed by atoms with Crippen molar-refractivity contribution in [1.82, 2.24) is 14.4 Å². The Kier molecular flexibility index (Phi) is 8.96. The summed E-state index contributed by atoms with van der Waals surface area (Å²) in [6, 6.07) is 15.8. The largest absolute Gasteiger partial charge is 0.339 e. The van der Waals surface area contributed by atoms with E-state index >= 15 is 4.39 Å². The van der Waals surface area contributed by atoms with E-state index in [1.165, 1.54) is 17.9 Å². The van der Waals surface area contributed by atoms with E-state index in [0.29, 0.717) is 46.6 Å². The van der Waals surface area contributed by atoms with Crippen molar-refractivity contribution in [2.75, 3.05) is 25.0 Å². The van der Waals surface area contributed by atoms with Gasteiger partial charge in [0.05, 0.1) is 12.2 Å². The monoisotopic (exact) mass is 658 g/mol. The van der Waals surface area contributed by atoms with Crippen molar-refractivity contribution in [2.45, 2.75) is 45.4 Å². The number of likely N-dealkylation sites (tertiary alicyclic amines) is 1. The van der Waals surface area contributed by atoms with E-state index in [-0.39, 0.29) is 42.5 Å². The number of anilines is 1. The molecule has 0 bridgehead atoms. The lowest BCUT2D eigenvalue weighted by Gasteiger charge is -2.25. The van der Waals surface area contributed by atoms with Gasteiger partial charge in [-0.05, 0) is 48.7 Å². The van der Waals surface area contributed by atoms with Gasteiger partial charge in [0.1, 0.15) is 18.8 Å². The average Bonchev–Trinajstić information content (AvgIpc) is 3.63. The predicted octanol–water partition coefficient (Wildman–Crippen LogP) is 6.52. The van der Waals surface area contributed by atoms with Crippen LogP contribution in [0.5, 0.6) is 0 Å². The molecule has 0 saturated carbocycles. The van der Waals surface area contributed by atoms with Gasteiger partial charge in [0.15, 0.2) is 11.6 Å². The highest BCUT2D eigenvalue weighted by Gasteiger charge is 2.40. The number of aromatic nitrogens is 1. The summed E-state index contributed by atoms with van der Waals surface area (Å²) in [7, 11) is 0. The normalized spacial score (nSPS) is 17.9. The van der Waals surface area contributed by atoms with Crippen LogP contribution in [0.4, 0.5) is 14.5 Å². The van der Waals surface area contributed by atoms with Crippen molar-refractivity contribution >= 4 is 57.3 Å². The van der Waals surface area contributed by atoms with Gasteiger partial charge in [-0.15, -0.1) is 0 Å². The average molecular weight is 659 g/mol. The lowest BCUT2D eigenvalue weighted by atomic mass is 9.97. The first-order valence-electron chi connectivity index (χ1n) is 15.4. The fraction of sp³-hybridized carbons (Fsp3) is 0.278. The van der Waals surface area contributed by atoms with E-state index in [2.05, 4.69) is 5.32 Å². The highest BCUT2D eigenvalue weighted by molar-refractivity contribution is 6.33. The van der Waals surface area contributed by atoms with Crippen molar-refractivity contribution in [1.29, 1.82) is 0 Å². The molecule has 2 aliphatic rings. The molecular formula is C36H33ClF2N4O4. The third-order valence-corrected chi connectivity index (χ3v) is 9.21. The molecule has 4 aromatic rings. The molecule has 3 heterocycles. The molecule has 3 aromatic carbocycles. The Labute approximate surface area is 275 Å². The minimum absolute atomic E-state index is 0.0166. The van der Waals surface area contributed by atoms with Gasteiger partial charge >= 0.3 is 0 Å². The van der Waals surface area contributed by atoms with Crippen LogP contribution in [0.25, 0.3) is 27.6 Å². The van der Waals surface area contributed by atoms with Gasteiger partial charge < -0.3 is 19.7 Å². The number of amides is 3. The van der Waals surface area contributed by atoms with Gasteiger partial charge in [-0.1, -0.05) is 54.1 Å². The van der Waals surface area contributed by atoms with E-state index in [9.17, 15) is 23.6 Å². The number of nitrogens with zero attached hydrogens (tertiary/aromatic N) is 3. The van der Waals surface area contributed by atoms with E-state index in [4.69, 9.17) is 11.6 Å². The summed E-state index contributed by atoms with van der Waals surface area (Å²) >= 11 is 6.27. The Balaban J connectivity index is 1.22. The molecule has 3 amide bonds. The van der Waals surface area contributed by atoms with E-state index in [0.717, 1.165) is 11.1 Å². The van der Waals surface area contributed by atoms with Crippen LogP contribution in [-0.4, -0.2) is 69.7 Å². The predicted molar refractivity (Wildman–Crippen MR) is 177 cm³/mol. The summed E-state index contributed by atoms with van der Waals surface area (Å²) in [6.07, 6.45) is 2.62. The fourth-order valence-corrected chi connectivity index (χ4v) is 6.64. The molecule has 0 aliphatic carbocycles. The van der Waals surface area contributed by atoms with Crippen LogP contribution in [0.2, 0.25) is 5.02 Å². The summed E-state index contributed by atoms with van der Waals surface area (Å²) < 4.78 is 31.9. The zero-order chi connectivity index (χ0) is 33.4. The number of nitrogens with one attached hydrogen (secondary N) is 1. The Morgan fingerprint density at radius 2 is 1.77 bits per heavy atom. The number of alkyl halides is 1. The Morgan fingerprint density at radius 3 is 2.47 bits per heavy atom. The van der Waals surface area contributed by atoms with Gasteiger partial charge in [-0.25, -0.2) is 8.78 Å². The molecule has 1 fully saturated rings. The molecule has 2 atom stereocenters. The SMILES string of the molecule is CC(=O)c1cn(CC(=O)N2C[C@H](F)CC2C(=O)Nc2cccc(-c3ccccc3Cl)c2F)c2ccc(C3=CCN(C(C)=O)CC3)cc12. The Hall–Kier alpha value is -4.83. The highest BCUT2D eigenvalue weighted by atomic mass is 35.5. The number of Topliss-reactive ketones (excluding diaryl/α,β-unsaturated/α-hetero) is 1. The second kappa shape index (κ2) is 13.1. The summed E-state index contributed by atoms with van der Waals surface area (Å²) in [5.74, 6) is -2.07. The molecule has 1 N–H and O–H groups in total. The summed E-state index contributed by atoms with van der Waals surface area (Å²) in [5.41, 5.74) is 3.61. The van der Waals surface area contributed by atoms with Crippen LogP contribution in [0.15, 0.2) is 72.9 Å². The van der Waals surface area contributed by atoms with Crippen molar-refractivity contribution in [3.05, 3.63) is 94.9 Å². The summed E-state index contributed by atoms with van der Waals surface area (Å²) in [4.78, 5) is 54.3. The quantitative estimate of drug-likeness (QED) is 0.229. The van der Waals surface area contributed by atoms with Crippen molar-refractivity contribution in [3.8, 4) is 11.1 Å². The van der Waals surface area contributed by atoms with Crippen molar-refractivity contribution < 1.29 is 28.0 Å². The molecule has 242 valence electrons. The second-order valence-corrected chi connectivity index (χ2v) is 12.3. The molecule has 47 heavy (non-hydrogen) atoms. The smallest absolute Gasteiger partial charge is 0.247 e. The maximum Gasteiger partial charge on any atom is 0.247 e. The van der Waals surface area contributed by atoms with E-state index in [1.807, 2.05) is 24.3 Å². The van der Waals surface area contributed by atoms with Crippen LogP contribution in [0, 0.1) is 5.82 Å². The lowest BCUT2D eigenvalue weighted by molar-refractivity contribution is -0.137. The number of fused-ring (bicyclic) bond motifs is 1. The molecule has 0 radical (unpaired) electrons. The molecule has 8 nitrogen and oxygen atoms in total. The first-order valence-corrected chi connectivity index (χ1v) is 15.8. The number of benzene rings is 3. The molecule has 1 aromatic heterocycles. The number of ketones is 1. The first-order chi connectivity index (χ1) is 22.5. The maximum atomic E-state index is 15.5. The van der Waals surface area contributed by atoms with Crippen LogP contribution >= 0.6 is 11.6 Å². The number of hydrogen-bond donors (Lipinski definition) is 1. The minimum atomic E-state index is -1.44. The first kappa shape index (κ1) is 32.1. The zero-order valence-electron chi connectivity index (χ0n) is 25.9. The number of carbonyl (C=O) groups is 4. The van der Waals surface area contributed by atoms with Crippen molar-refractivity contribution in [2.24, 2.45) is 0 Å². The Morgan fingerprint density at radius 1 is 1.00 bits per heavy atom. The van der Waals surface area contributed by atoms with Gasteiger partial charge in [-0.2, -0.15) is 0 Å². The number of halogens is 3. The van der Waals surface area contributed by atoms with Gasteiger partial charge in [-0.3, -0.25) is 19.2 Å². The molecule has 11 heteroatoms. The maximum absolute atomic E-state index is 15.5. The lowest BCUT2D eigenvalue weighted by Crippen LogP contribution is -2.44. The fourth-order valence-electron chi connectivity index (χ4n) is 6.40. The van der Waals surface area contributed by atoms with Gasteiger partial charge in [0.2, 0.25) is 17.7 Å². The highest BCUT2D eigenvalue weighted by Crippen LogP contribution is 2.34. The van der Waals surface area contributed by atoms with E-state index in [1.54, 1.807) is 59.0 Å². The van der Waals surface area contributed by atoms with Crippen molar-refractivity contribution in [3.63, 3.8) is 0 Å². The minimum Gasteiger partial charge on any atom is -0.339 e. The van der Waals surface area contributed by atoms with Crippen LogP contribution in [-0.2, 0) is 20.9 Å². The van der Waals surface area contributed by atoms with E-state index < -0.39 is 29.8 Å². The number of carbonyl (C=O) groups excluding carboxylic acids is 4. The molecule has 6 rings (SSSR count). The third kappa shape index (κ3) is 6.42. The number of rotatable bonds is 7. The molecule has 1 saturated heterocycles.